The van der Waals surface area contributed by atoms with Crippen molar-refractivity contribution in [3.8, 4) is 0 Å². The Morgan fingerprint density at radius 3 is 2.17 bits per heavy atom. The molecule has 1 aromatic carbocycles. The van der Waals surface area contributed by atoms with Crippen LogP contribution in [0.2, 0.25) is 0 Å². The molecule has 1 aromatic rings. The maximum Gasteiger partial charge on any atom is 0.417 e. The van der Waals surface area contributed by atoms with Gasteiger partial charge in [-0.25, -0.2) is 0 Å². The molecule has 0 bridgehead atoms. The number of amides is 1. The molecule has 0 unspecified atom stereocenters. The molecule has 1 amide bonds. The van der Waals surface area contributed by atoms with Gasteiger partial charge in [0.1, 0.15) is 0 Å². The number of halogens is 3. The van der Waals surface area contributed by atoms with Gasteiger partial charge in [0.25, 0.3) is 0 Å². The third kappa shape index (κ3) is 4.25. The molecule has 1 saturated heterocycles. The molecule has 0 atom stereocenters. The maximum atomic E-state index is 12.7. The van der Waals surface area contributed by atoms with Gasteiger partial charge in [0.2, 0.25) is 5.91 Å². The summed E-state index contributed by atoms with van der Waals surface area (Å²) >= 11 is 0. The molecule has 3 nitrogen and oxygen atoms in total. The molecule has 2 rings (SSSR count). The zero-order valence-electron chi connectivity index (χ0n) is 13.2. The van der Waals surface area contributed by atoms with Crippen LogP contribution in [-0.4, -0.2) is 40.8 Å². The van der Waals surface area contributed by atoms with E-state index >= 15 is 0 Å². The van der Waals surface area contributed by atoms with Crippen molar-refractivity contribution in [2.45, 2.75) is 50.8 Å². The lowest BCUT2D eigenvalue weighted by molar-refractivity contribution is -0.272. The van der Waals surface area contributed by atoms with Gasteiger partial charge in [-0.05, 0) is 24.0 Å². The van der Waals surface area contributed by atoms with Crippen molar-refractivity contribution in [3.63, 3.8) is 0 Å². The van der Waals surface area contributed by atoms with Crippen LogP contribution in [0.4, 0.5) is 13.2 Å². The molecule has 128 valence electrons. The van der Waals surface area contributed by atoms with Crippen molar-refractivity contribution >= 4 is 5.91 Å². The van der Waals surface area contributed by atoms with Crippen molar-refractivity contribution in [1.29, 1.82) is 0 Å². The van der Waals surface area contributed by atoms with Crippen molar-refractivity contribution < 1.29 is 23.1 Å². The van der Waals surface area contributed by atoms with Crippen molar-refractivity contribution in [3.05, 3.63) is 35.4 Å². The highest BCUT2D eigenvalue weighted by atomic mass is 19.4. The summed E-state index contributed by atoms with van der Waals surface area (Å²) in [5.74, 6) is -0.159. The lowest BCUT2D eigenvalue weighted by Gasteiger charge is -2.39. The smallest absolute Gasteiger partial charge is 0.380 e. The number of carbonyl (C=O) groups excluding carboxylic acids is 1. The molecule has 0 saturated carbocycles. The minimum absolute atomic E-state index is 0.0520. The van der Waals surface area contributed by atoms with E-state index in [2.05, 4.69) is 6.92 Å². The van der Waals surface area contributed by atoms with Crippen LogP contribution < -0.4 is 0 Å². The number of hydrogen-bond donors (Lipinski definition) is 1. The largest absolute Gasteiger partial charge is 0.417 e. The predicted octanol–water partition coefficient (Wildman–Crippen LogP) is 3.10. The van der Waals surface area contributed by atoms with E-state index in [-0.39, 0.29) is 25.4 Å². The lowest BCUT2D eigenvalue weighted by atomic mass is 9.90. The lowest BCUT2D eigenvalue weighted by Crippen LogP contribution is -2.54. The number of aliphatic hydroxyl groups is 1. The normalized spacial score (nSPS) is 18.0. The number of piperidine rings is 1. The molecule has 0 radical (unpaired) electrons. The average Bonchev–Trinajstić information content (AvgIpc) is 2.53. The van der Waals surface area contributed by atoms with Crippen molar-refractivity contribution in [1.82, 2.24) is 4.90 Å². The van der Waals surface area contributed by atoms with E-state index in [4.69, 9.17) is 0 Å². The summed E-state index contributed by atoms with van der Waals surface area (Å²) < 4.78 is 38.2. The van der Waals surface area contributed by atoms with Crippen LogP contribution in [0.3, 0.4) is 0 Å². The minimum atomic E-state index is -4.64. The molecule has 23 heavy (non-hydrogen) atoms. The highest BCUT2D eigenvalue weighted by Gasteiger charge is 2.54. The fourth-order valence-electron chi connectivity index (χ4n) is 2.76. The zero-order valence-corrected chi connectivity index (χ0v) is 13.2. The van der Waals surface area contributed by atoms with E-state index in [9.17, 15) is 23.1 Å². The van der Waals surface area contributed by atoms with Gasteiger partial charge in [-0.3, -0.25) is 4.79 Å². The van der Waals surface area contributed by atoms with Gasteiger partial charge in [0, 0.05) is 32.4 Å². The van der Waals surface area contributed by atoms with Crippen molar-refractivity contribution in [2.24, 2.45) is 0 Å². The van der Waals surface area contributed by atoms with Crippen LogP contribution >= 0.6 is 0 Å². The van der Waals surface area contributed by atoms with E-state index in [0.717, 1.165) is 12.0 Å². The Kier molecular flexibility index (Phi) is 5.34. The topological polar surface area (TPSA) is 40.5 Å². The van der Waals surface area contributed by atoms with Gasteiger partial charge < -0.3 is 10.0 Å². The SMILES string of the molecule is CCc1ccc(CCC(=O)N2CCC(O)(C(F)(F)F)CC2)cc1. The third-order valence-corrected chi connectivity index (χ3v) is 4.53. The van der Waals surface area contributed by atoms with Gasteiger partial charge >= 0.3 is 6.18 Å². The summed E-state index contributed by atoms with van der Waals surface area (Å²) in [6.45, 7) is 1.96. The Hall–Kier alpha value is -1.56. The molecule has 1 aliphatic rings. The highest BCUT2D eigenvalue weighted by Crippen LogP contribution is 2.38. The number of hydrogen-bond acceptors (Lipinski definition) is 2. The number of nitrogens with zero attached hydrogens (tertiary/aromatic N) is 1. The second kappa shape index (κ2) is 6.91. The van der Waals surface area contributed by atoms with Crippen LogP contribution in [-0.2, 0) is 17.6 Å². The maximum absolute atomic E-state index is 12.7. The highest BCUT2D eigenvalue weighted by molar-refractivity contribution is 5.76. The first-order chi connectivity index (χ1) is 10.7. The molecular weight excluding hydrogens is 307 g/mol. The number of carbonyl (C=O) groups is 1. The minimum Gasteiger partial charge on any atom is -0.380 e. The summed E-state index contributed by atoms with van der Waals surface area (Å²) in [4.78, 5) is 13.5. The Morgan fingerprint density at radius 1 is 1.17 bits per heavy atom. The van der Waals surface area contributed by atoms with Gasteiger partial charge in [-0.2, -0.15) is 13.2 Å². The van der Waals surface area contributed by atoms with Crippen LogP contribution in [0.5, 0.6) is 0 Å². The summed E-state index contributed by atoms with van der Waals surface area (Å²) in [5, 5.41) is 9.60. The van der Waals surface area contributed by atoms with E-state index in [0.29, 0.717) is 6.42 Å². The van der Waals surface area contributed by atoms with E-state index in [1.165, 1.54) is 10.5 Å². The third-order valence-electron chi connectivity index (χ3n) is 4.53. The fraction of sp³-hybridized carbons (Fsp3) is 0.588. The summed E-state index contributed by atoms with van der Waals surface area (Å²) in [5.41, 5.74) is -0.387. The quantitative estimate of drug-likeness (QED) is 0.922. The van der Waals surface area contributed by atoms with Gasteiger partial charge in [0.15, 0.2) is 5.60 Å². The van der Waals surface area contributed by atoms with Gasteiger partial charge in [-0.15, -0.1) is 0 Å². The summed E-state index contributed by atoms with van der Waals surface area (Å²) in [6, 6.07) is 7.99. The molecule has 1 N–H and O–H groups in total. The zero-order chi connectivity index (χ0) is 17.1. The molecule has 6 heteroatoms. The molecule has 0 aromatic heterocycles. The predicted molar refractivity (Wildman–Crippen MR) is 81.0 cm³/mol. The Morgan fingerprint density at radius 2 is 1.70 bits per heavy atom. The number of aryl methyl sites for hydroxylation is 2. The standard InChI is InChI=1S/C17H22F3NO2/c1-2-13-3-5-14(6-4-13)7-8-15(22)21-11-9-16(23,10-12-21)17(18,19)20/h3-6,23H,2,7-12H2,1H3. The summed E-state index contributed by atoms with van der Waals surface area (Å²) in [7, 11) is 0. The second-order valence-corrected chi connectivity index (χ2v) is 6.08. The summed E-state index contributed by atoms with van der Waals surface area (Å²) in [6.07, 6.45) is -3.74. The van der Waals surface area contributed by atoms with E-state index < -0.39 is 24.6 Å². The van der Waals surface area contributed by atoms with E-state index in [1.807, 2.05) is 24.3 Å². The first kappa shape index (κ1) is 17.8. The number of alkyl halides is 3. The molecule has 1 heterocycles. The van der Waals surface area contributed by atoms with Crippen LogP contribution in [0, 0.1) is 0 Å². The van der Waals surface area contributed by atoms with E-state index in [1.54, 1.807) is 0 Å². The Labute approximate surface area is 134 Å². The monoisotopic (exact) mass is 329 g/mol. The van der Waals surface area contributed by atoms with Crippen LogP contribution in [0.25, 0.3) is 0 Å². The van der Waals surface area contributed by atoms with Gasteiger partial charge in [-0.1, -0.05) is 31.2 Å². The van der Waals surface area contributed by atoms with Crippen LogP contribution in [0.15, 0.2) is 24.3 Å². The van der Waals surface area contributed by atoms with Crippen LogP contribution in [0.1, 0.15) is 37.3 Å². The molecule has 1 fully saturated rings. The fourth-order valence-corrected chi connectivity index (χ4v) is 2.76. The van der Waals surface area contributed by atoms with Gasteiger partial charge in [0.05, 0.1) is 0 Å². The molecular formula is C17H22F3NO2. The molecule has 0 aliphatic carbocycles. The van der Waals surface area contributed by atoms with Crippen molar-refractivity contribution in [2.75, 3.05) is 13.1 Å². The number of likely N-dealkylation sites (tertiary alicyclic amines) is 1. The molecule has 0 spiro atoms. The Bertz CT molecular complexity index is 532. The number of benzene rings is 1. The average molecular weight is 329 g/mol. The second-order valence-electron chi connectivity index (χ2n) is 6.08. The first-order valence-corrected chi connectivity index (χ1v) is 7.90. The number of rotatable bonds is 4. The Balaban J connectivity index is 1.83. The first-order valence-electron chi connectivity index (χ1n) is 7.90. The molecule has 1 aliphatic heterocycles.